The number of fused-ring (bicyclic) bond motifs is 3. The number of morpholine rings is 1. The lowest BCUT2D eigenvalue weighted by molar-refractivity contribution is -0.132. The molecular weight excluding hydrogens is 454 g/mol. The van der Waals surface area contributed by atoms with E-state index in [2.05, 4.69) is 36.9 Å². The van der Waals surface area contributed by atoms with E-state index in [1.54, 1.807) is 0 Å². The lowest BCUT2D eigenvalue weighted by Gasteiger charge is -2.37. The molecule has 1 aromatic carbocycles. The Morgan fingerprint density at radius 2 is 1.75 bits per heavy atom. The summed E-state index contributed by atoms with van der Waals surface area (Å²) in [5.74, 6) is 1.15. The van der Waals surface area contributed by atoms with Gasteiger partial charge in [0.25, 0.3) is 5.91 Å². The van der Waals surface area contributed by atoms with E-state index in [0.717, 1.165) is 37.2 Å². The first kappa shape index (κ1) is 23.5. The van der Waals surface area contributed by atoms with Gasteiger partial charge in [-0.25, -0.2) is 0 Å². The highest BCUT2D eigenvalue weighted by Crippen LogP contribution is 2.57. The maximum Gasteiger partial charge on any atom is 0.274 e. The van der Waals surface area contributed by atoms with Gasteiger partial charge in [0.05, 0.1) is 12.2 Å². The van der Waals surface area contributed by atoms with Crippen LogP contribution in [0.5, 0.6) is 0 Å². The fourth-order valence-electron chi connectivity index (χ4n) is 6.48. The van der Waals surface area contributed by atoms with Gasteiger partial charge in [-0.3, -0.25) is 14.3 Å². The lowest BCUT2D eigenvalue weighted by Crippen LogP contribution is -2.50. The number of ether oxygens (including phenoxy) is 1. The van der Waals surface area contributed by atoms with Crippen molar-refractivity contribution in [1.82, 2.24) is 19.6 Å². The van der Waals surface area contributed by atoms with Crippen molar-refractivity contribution < 1.29 is 14.3 Å². The molecule has 6 rings (SSSR count). The van der Waals surface area contributed by atoms with Crippen LogP contribution in [0.3, 0.4) is 0 Å². The number of nitrogens with zero attached hydrogens (tertiary/aromatic N) is 5. The third-order valence-electron chi connectivity index (χ3n) is 8.59. The highest BCUT2D eigenvalue weighted by molar-refractivity contribution is 5.95. The molecular formula is C28H37N5O3. The summed E-state index contributed by atoms with van der Waals surface area (Å²) in [6.45, 7) is 12.8. The van der Waals surface area contributed by atoms with Crippen LogP contribution in [0.4, 0.5) is 5.69 Å². The van der Waals surface area contributed by atoms with Crippen LogP contribution in [0, 0.1) is 19.8 Å². The minimum Gasteiger partial charge on any atom is -0.372 e. The number of amides is 2. The van der Waals surface area contributed by atoms with Gasteiger partial charge in [-0.05, 0) is 69.6 Å². The Bertz CT molecular complexity index is 1190. The average molecular weight is 492 g/mol. The van der Waals surface area contributed by atoms with E-state index < -0.39 is 0 Å². The monoisotopic (exact) mass is 491 g/mol. The zero-order valence-electron chi connectivity index (χ0n) is 21.9. The molecule has 8 heteroatoms. The molecule has 0 N–H and O–H groups in total. The van der Waals surface area contributed by atoms with Crippen LogP contribution in [0.25, 0.3) is 0 Å². The number of hydrogen-bond donors (Lipinski definition) is 0. The van der Waals surface area contributed by atoms with Crippen molar-refractivity contribution in [2.45, 2.75) is 65.2 Å². The summed E-state index contributed by atoms with van der Waals surface area (Å²) in [7, 11) is 0. The van der Waals surface area contributed by atoms with E-state index in [0.29, 0.717) is 43.7 Å². The minimum atomic E-state index is -0.00543. The van der Waals surface area contributed by atoms with Crippen molar-refractivity contribution in [1.29, 1.82) is 0 Å². The molecule has 3 fully saturated rings. The maximum absolute atomic E-state index is 13.5. The highest BCUT2D eigenvalue weighted by atomic mass is 16.5. The molecule has 0 spiro atoms. The topological polar surface area (TPSA) is 70.9 Å². The fourth-order valence-corrected chi connectivity index (χ4v) is 6.48. The van der Waals surface area contributed by atoms with Crippen LogP contribution in [0.1, 0.15) is 59.1 Å². The third kappa shape index (κ3) is 4.09. The van der Waals surface area contributed by atoms with E-state index >= 15 is 0 Å². The number of carbonyl (C=O) groups is 2. The average Bonchev–Trinajstić information content (AvgIpc) is 3.38. The highest BCUT2D eigenvalue weighted by Gasteiger charge is 2.50. The Labute approximate surface area is 213 Å². The van der Waals surface area contributed by atoms with Crippen molar-refractivity contribution in [3.05, 3.63) is 46.3 Å². The van der Waals surface area contributed by atoms with Crippen LogP contribution in [-0.2, 0) is 22.5 Å². The SMILES string of the molecule is Cc1cccc(N2CCN(C(=O)Cn3nc(C(=O)N4C[C@@H](C)O[C@@H](C)C4)c4c3C[C@H]3C[C@@H]43)CC2)c1C. The van der Waals surface area contributed by atoms with Gasteiger partial charge in [-0.15, -0.1) is 0 Å². The predicted octanol–water partition coefficient (Wildman–Crippen LogP) is 2.76. The van der Waals surface area contributed by atoms with E-state index in [-0.39, 0.29) is 30.6 Å². The standard InChI is InChI=1S/C28H37N5O3/c1-17-6-5-7-23(20(17)4)30-8-10-31(11-9-30)25(34)16-33-24-13-21-12-22(21)26(24)27(29-33)28(35)32-14-18(2)36-19(3)15-32/h5-7,18-19,21-22H,8-16H2,1-4H3/t18-,19+,21-,22-/m1/s1. The molecule has 4 atom stereocenters. The van der Waals surface area contributed by atoms with Crippen molar-refractivity contribution in [2.75, 3.05) is 44.2 Å². The van der Waals surface area contributed by atoms with E-state index in [1.165, 1.54) is 16.8 Å². The summed E-state index contributed by atoms with van der Waals surface area (Å²) in [6, 6.07) is 6.42. The Hall–Kier alpha value is -2.87. The summed E-state index contributed by atoms with van der Waals surface area (Å²) in [6.07, 6.45) is 2.11. The smallest absolute Gasteiger partial charge is 0.274 e. The number of carbonyl (C=O) groups excluding carboxylic acids is 2. The second-order valence-corrected chi connectivity index (χ2v) is 11.2. The molecule has 1 saturated carbocycles. The van der Waals surface area contributed by atoms with E-state index in [1.807, 2.05) is 28.3 Å². The van der Waals surface area contributed by atoms with Crippen molar-refractivity contribution in [3.63, 3.8) is 0 Å². The zero-order valence-corrected chi connectivity index (χ0v) is 21.9. The number of aryl methyl sites for hydroxylation is 1. The summed E-state index contributed by atoms with van der Waals surface area (Å²) in [5, 5.41) is 4.78. The summed E-state index contributed by atoms with van der Waals surface area (Å²) in [5.41, 5.74) is 6.66. The molecule has 2 saturated heterocycles. The van der Waals surface area contributed by atoms with Crippen LogP contribution >= 0.6 is 0 Å². The quantitative estimate of drug-likeness (QED) is 0.658. The molecule has 2 aliphatic carbocycles. The maximum atomic E-state index is 13.5. The molecule has 1 aromatic heterocycles. The molecule has 4 aliphatic rings. The van der Waals surface area contributed by atoms with Crippen molar-refractivity contribution in [2.24, 2.45) is 5.92 Å². The number of hydrogen-bond acceptors (Lipinski definition) is 5. The third-order valence-corrected chi connectivity index (χ3v) is 8.59. The van der Waals surface area contributed by atoms with Gasteiger partial charge in [-0.1, -0.05) is 12.1 Å². The lowest BCUT2D eigenvalue weighted by atomic mass is 10.1. The number of aromatic nitrogens is 2. The largest absolute Gasteiger partial charge is 0.372 e. The Balaban J connectivity index is 1.15. The first-order chi connectivity index (χ1) is 17.3. The number of piperazine rings is 1. The van der Waals surface area contributed by atoms with Gasteiger partial charge < -0.3 is 19.4 Å². The molecule has 2 aliphatic heterocycles. The van der Waals surface area contributed by atoms with E-state index in [4.69, 9.17) is 9.84 Å². The minimum absolute atomic E-state index is 0.00543. The Morgan fingerprint density at radius 1 is 1.03 bits per heavy atom. The van der Waals surface area contributed by atoms with Gasteiger partial charge in [-0.2, -0.15) is 5.10 Å². The molecule has 3 heterocycles. The first-order valence-corrected chi connectivity index (χ1v) is 13.4. The summed E-state index contributed by atoms with van der Waals surface area (Å²) in [4.78, 5) is 33.1. The summed E-state index contributed by atoms with van der Waals surface area (Å²) >= 11 is 0. The molecule has 36 heavy (non-hydrogen) atoms. The van der Waals surface area contributed by atoms with Crippen LogP contribution in [0.15, 0.2) is 18.2 Å². The number of benzene rings is 1. The molecule has 0 radical (unpaired) electrons. The predicted molar refractivity (Wildman–Crippen MR) is 137 cm³/mol. The first-order valence-electron chi connectivity index (χ1n) is 13.4. The molecule has 8 nitrogen and oxygen atoms in total. The van der Waals surface area contributed by atoms with Crippen LogP contribution in [0.2, 0.25) is 0 Å². The second-order valence-electron chi connectivity index (χ2n) is 11.2. The molecule has 0 unspecified atom stereocenters. The fraction of sp³-hybridized carbons (Fsp3) is 0.607. The number of anilines is 1. The Kier molecular flexibility index (Phi) is 5.82. The normalized spacial score (nSPS) is 27.2. The van der Waals surface area contributed by atoms with Gasteiger partial charge in [0.15, 0.2) is 5.69 Å². The summed E-state index contributed by atoms with van der Waals surface area (Å²) < 4.78 is 7.67. The van der Waals surface area contributed by atoms with Crippen molar-refractivity contribution in [3.8, 4) is 0 Å². The zero-order chi connectivity index (χ0) is 25.1. The molecule has 192 valence electrons. The molecule has 0 bridgehead atoms. The van der Waals surface area contributed by atoms with Crippen LogP contribution < -0.4 is 4.90 Å². The van der Waals surface area contributed by atoms with Crippen molar-refractivity contribution >= 4 is 17.5 Å². The van der Waals surface area contributed by atoms with E-state index in [9.17, 15) is 9.59 Å². The number of rotatable bonds is 4. The van der Waals surface area contributed by atoms with Gasteiger partial charge >= 0.3 is 0 Å². The van der Waals surface area contributed by atoms with Gasteiger partial charge in [0, 0.05) is 56.2 Å². The Morgan fingerprint density at radius 3 is 2.47 bits per heavy atom. The van der Waals surface area contributed by atoms with Gasteiger partial charge in [0.1, 0.15) is 6.54 Å². The van der Waals surface area contributed by atoms with Gasteiger partial charge in [0.2, 0.25) is 5.91 Å². The molecule has 2 aromatic rings. The molecule has 2 amide bonds. The van der Waals surface area contributed by atoms with Crippen LogP contribution in [-0.4, -0.2) is 82.9 Å². The second kappa shape index (κ2) is 8.91.